The quantitative estimate of drug-likeness (QED) is 0.805. The summed E-state index contributed by atoms with van der Waals surface area (Å²) in [4.78, 5) is 23.7. The molecule has 0 unspecified atom stereocenters. The zero-order chi connectivity index (χ0) is 17.5. The van der Waals surface area contributed by atoms with Crippen molar-refractivity contribution in [3.63, 3.8) is 0 Å². The molecule has 0 atom stereocenters. The van der Waals surface area contributed by atoms with Gasteiger partial charge in [0.1, 0.15) is 0 Å². The molecule has 1 aliphatic rings. The van der Waals surface area contributed by atoms with E-state index in [2.05, 4.69) is 10.6 Å². The van der Waals surface area contributed by atoms with Gasteiger partial charge in [-0.3, -0.25) is 9.59 Å². The lowest BCUT2D eigenvalue weighted by molar-refractivity contribution is -0.122. The van der Waals surface area contributed by atoms with Crippen LogP contribution in [0.2, 0.25) is 0 Å². The molecular weight excluding hydrogens is 320 g/mol. The van der Waals surface area contributed by atoms with Crippen molar-refractivity contribution in [2.24, 2.45) is 0 Å². The number of carbonyl (C=O) groups is 2. The van der Waals surface area contributed by atoms with Gasteiger partial charge in [0.05, 0.1) is 6.42 Å². The van der Waals surface area contributed by atoms with Crippen molar-refractivity contribution >= 4 is 11.8 Å². The molecule has 1 heterocycles. The molecule has 0 aliphatic carbocycles. The maximum atomic E-state index is 11.9. The van der Waals surface area contributed by atoms with E-state index in [0.29, 0.717) is 25.3 Å². The fourth-order valence-electron chi connectivity index (χ4n) is 2.50. The Hall–Kier alpha value is -3.02. The average molecular weight is 340 g/mol. The van der Waals surface area contributed by atoms with Crippen LogP contribution in [0.3, 0.4) is 0 Å². The highest BCUT2D eigenvalue weighted by molar-refractivity contribution is 5.80. The lowest BCUT2D eigenvalue weighted by Crippen LogP contribution is -2.31. The Labute approximate surface area is 146 Å². The summed E-state index contributed by atoms with van der Waals surface area (Å²) in [6.45, 7) is 0.958. The number of amides is 2. The first-order chi connectivity index (χ1) is 12.2. The topological polar surface area (TPSA) is 76.7 Å². The van der Waals surface area contributed by atoms with Crippen molar-refractivity contribution < 1.29 is 19.1 Å². The van der Waals surface area contributed by atoms with E-state index < -0.39 is 0 Å². The summed E-state index contributed by atoms with van der Waals surface area (Å²) in [5.74, 6) is 1.21. The van der Waals surface area contributed by atoms with E-state index in [4.69, 9.17) is 9.47 Å². The van der Waals surface area contributed by atoms with Gasteiger partial charge in [-0.25, -0.2) is 0 Å². The molecule has 2 amide bonds. The second kappa shape index (κ2) is 8.19. The van der Waals surface area contributed by atoms with Crippen LogP contribution in [0.1, 0.15) is 17.5 Å². The maximum Gasteiger partial charge on any atom is 0.231 e. The van der Waals surface area contributed by atoms with Crippen molar-refractivity contribution in [2.75, 3.05) is 13.3 Å². The highest BCUT2D eigenvalue weighted by Crippen LogP contribution is 2.32. The third kappa shape index (κ3) is 4.97. The summed E-state index contributed by atoms with van der Waals surface area (Å²) in [5, 5.41) is 5.58. The molecule has 2 aromatic rings. The number of fused-ring (bicyclic) bond motifs is 1. The monoisotopic (exact) mass is 340 g/mol. The van der Waals surface area contributed by atoms with Crippen LogP contribution in [0.5, 0.6) is 11.5 Å². The van der Waals surface area contributed by atoms with Gasteiger partial charge in [0, 0.05) is 19.5 Å². The van der Waals surface area contributed by atoms with Crippen LogP contribution < -0.4 is 20.1 Å². The van der Waals surface area contributed by atoms with E-state index in [1.807, 2.05) is 48.5 Å². The summed E-state index contributed by atoms with van der Waals surface area (Å²) in [7, 11) is 0. The van der Waals surface area contributed by atoms with E-state index in [0.717, 1.165) is 16.9 Å². The molecule has 130 valence electrons. The number of ether oxygens (including phenoxy) is 2. The Bertz CT molecular complexity index is 746. The van der Waals surface area contributed by atoms with Crippen LogP contribution in [0.4, 0.5) is 0 Å². The lowest BCUT2D eigenvalue weighted by Gasteiger charge is -2.07. The zero-order valence-electron chi connectivity index (χ0n) is 13.8. The Balaban J connectivity index is 1.35. The third-order valence-corrected chi connectivity index (χ3v) is 3.81. The van der Waals surface area contributed by atoms with Gasteiger partial charge in [-0.1, -0.05) is 36.4 Å². The molecule has 3 rings (SSSR count). The van der Waals surface area contributed by atoms with E-state index >= 15 is 0 Å². The van der Waals surface area contributed by atoms with Gasteiger partial charge < -0.3 is 20.1 Å². The zero-order valence-corrected chi connectivity index (χ0v) is 13.8. The van der Waals surface area contributed by atoms with E-state index in [1.165, 1.54) is 0 Å². The normalized spacial score (nSPS) is 11.8. The Morgan fingerprint density at radius 2 is 1.68 bits per heavy atom. The third-order valence-electron chi connectivity index (χ3n) is 3.81. The first-order valence-corrected chi connectivity index (χ1v) is 8.16. The molecular formula is C19H20N2O4. The number of hydrogen-bond donors (Lipinski definition) is 2. The fraction of sp³-hybridized carbons (Fsp3) is 0.263. The summed E-state index contributed by atoms with van der Waals surface area (Å²) >= 11 is 0. The number of nitrogens with one attached hydrogen (secondary N) is 2. The Morgan fingerprint density at radius 1 is 0.880 bits per heavy atom. The second-order valence-electron chi connectivity index (χ2n) is 5.73. The van der Waals surface area contributed by atoms with Crippen LogP contribution in [-0.4, -0.2) is 25.2 Å². The molecule has 2 N–H and O–H groups in total. The summed E-state index contributed by atoms with van der Waals surface area (Å²) in [6.07, 6.45) is 0.560. The molecule has 1 aliphatic heterocycles. The van der Waals surface area contributed by atoms with Crippen molar-refractivity contribution in [3.8, 4) is 11.5 Å². The molecule has 0 saturated heterocycles. The van der Waals surface area contributed by atoms with Gasteiger partial charge in [-0.05, 0) is 23.3 Å². The first kappa shape index (κ1) is 16.8. The summed E-state index contributed by atoms with van der Waals surface area (Å²) in [6, 6.07) is 15.1. The standard InChI is InChI=1S/C19H20N2O4/c22-18(8-9-20-19(23)11-14-4-2-1-3-5-14)21-12-15-6-7-16-17(10-15)25-13-24-16/h1-7,10H,8-9,11-13H2,(H,20,23)(H,21,22). The van der Waals surface area contributed by atoms with Crippen molar-refractivity contribution in [1.82, 2.24) is 10.6 Å². The number of carbonyl (C=O) groups excluding carboxylic acids is 2. The van der Waals surface area contributed by atoms with Crippen molar-refractivity contribution in [2.45, 2.75) is 19.4 Å². The van der Waals surface area contributed by atoms with E-state index in [-0.39, 0.29) is 25.0 Å². The first-order valence-electron chi connectivity index (χ1n) is 8.16. The maximum absolute atomic E-state index is 11.9. The van der Waals surface area contributed by atoms with Crippen LogP contribution >= 0.6 is 0 Å². The van der Waals surface area contributed by atoms with Gasteiger partial charge >= 0.3 is 0 Å². The number of rotatable bonds is 7. The van der Waals surface area contributed by atoms with Crippen molar-refractivity contribution in [1.29, 1.82) is 0 Å². The smallest absolute Gasteiger partial charge is 0.231 e. The minimum absolute atomic E-state index is 0.0882. The van der Waals surface area contributed by atoms with Gasteiger partial charge in [0.15, 0.2) is 11.5 Å². The largest absolute Gasteiger partial charge is 0.454 e. The molecule has 6 nitrogen and oxygen atoms in total. The van der Waals surface area contributed by atoms with Gasteiger partial charge in [0.25, 0.3) is 0 Å². The van der Waals surface area contributed by atoms with Crippen LogP contribution in [0.15, 0.2) is 48.5 Å². The van der Waals surface area contributed by atoms with Gasteiger partial charge in [-0.15, -0.1) is 0 Å². The lowest BCUT2D eigenvalue weighted by atomic mass is 10.1. The van der Waals surface area contributed by atoms with Crippen LogP contribution in [-0.2, 0) is 22.6 Å². The highest BCUT2D eigenvalue weighted by atomic mass is 16.7. The molecule has 0 radical (unpaired) electrons. The predicted octanol–water partition coefficient (Wildman–Crippen LogP) is 1.78. The fourth-order valence-corrected chi connectivity index (χ4v) is 2.50. The van der Waals surface area contributed by atoms with Gasteiger partial charge in [0.2, 0.25) is 18.6 Å². The van der Waals surface area contributed by atoms with E-state index in [1.54, 1.807) is 0 Å². The van der Waals surface area contributed by atoms with Gasteiger partial charge in [-0.2, -0.15) is 0 Å². The van der Waals surface area contributed by atoms with Crippen LogP contribution in [0.25, 0.3) is 0 Å². The van der Waals surface area contributed by atoms with E-state index in [9.17, 15) is 9.59 Å². The molecule has 25 heavy (non-hydrogen) atoms. The molecule has 0 saturated carbocycles. The van der Waals surface area contributed by atoms with Crippen LogP contribution in [0, 0.1) is 0 Å². The molecule has 0 bridgehead atoms. The number of hydrogen-bond acceptors (Lipinski definition) is 4. The minimum Gasteiger partial charge on any atom is -0.454 e. The minimum atomic E-state index is -0.113. The van der Waals surface area contributed by atoms with Crippen molar-refractivity contribution in [3.05, 3.63) is 59.7 Å². The summed E-state index contributed by atoms with van der Waals surface area (Å²) < 4.78 is 10.6. The molecule has 2 aromatic carbocycles. The highest BCUT2D eigenvalue weighted by Gasteiger charge is 2.13. The summed E-state index contributed by atoms with van der Waals surface area (Å²) in [5.41, 5.74) is 1.89. The average Bonchev–Trinajstić information content (AvgIpc) is 3.08. The molecule has 0 fully saturated rings. The molecule has 0 spiro atoms. The predicted molar refractivity (Wildman–Crippen MR) is 92.2 cm³/mol. The molecule has 6 heteroatoms. The second-order valence-corrected chi connectivity index (χ2v) is 5.73. The molecule has 0 aromatic heterocycles. The Morgan fingerprint density at radius 3 is 2.52 bits per heavy atom. The SMILES string of the molecule is O=C(CCNC(=O)Cc1ccccc1)NCc1ccc2c(c1)OCO2. The number of benzene rings is 2. The Kier molecular flexibility index (Phi) is 5.51.